The summed E-state index contributed by atoms with van der Waals surface area (Å²) in [5.74, 6) is 1.93. The first-order valence-corrected chi connectivity index (χ1v) is 7.54. The third-order valence-corrected chi connectivity index (χ3v) is 4.08. The number of para-hydroxylation sites is 1. The second-order valence-corrected chi connectivity index (χ2v) is 6.05. The molecule has 0 radical (unpaired) electrons. The highest BCUT2D eigenvalue weighted by molar-refractivity contribution is 5.84. The van der Waals surface area contributed by atoms with Crippen LogP contribution in [-0.2, 0) is 6.54 Å². The molecule has 0 saturated heterocycles. The zero-order valence-electron chi connectivity index (χ0n) is 12.3. The Bertz CT molecular complexity index is 602. The van der Waals surface area contributed by atoms with E-state index in [4.69, 9.17) is 10.7 Å². The van der Waals surface area contributed by atoms with Crippen LogP contribution in [0, 0.1) is 5.92 Å². The van der Waals surface area contributed by atoms with Gasteiger partial charge >= 0.3 is 0 Å². The lowest BCUT2D eigenvalue weighted by Gasteiger charge is -2.28. The Labute approximate surface area is 120 Å². The molecule has 3 rings (SSSR count). The molecule has 1 fully saturated rings. The molecule has 1 aromatic heterocycles. The maximum absolute atomic E-state index is 5.93. The first kappa shape index (κ1) is 13.4. The summed E-state index contributed by atoms with van der Waals surface area (Å²) in [5.41, 5.74) is 8.16. The summed E-state index contributed by atoms with van der Waals surface area (Å²) >= 11 is 0. The standard InChI is InChI=1S/C17H23N3/c1-12(2)20(11-13-7-8-13)17-9-14(10-18)15-5-3-4-6-16(15)19-17/h3-6,9,12-13H,7-8,10-11,18H2,1-2H3. The summed E-state index contributed by atoms with van der Waals surface area (Å²) < 4.78 is 0. The maximum atomic E-state index is 5.93. The van der Waals surface area contributed by atoms with Gasteiger partial charge in [0.1, 0.15) is 5.82 Å². The van der Waals surface area contributed by atoms with Gasteiger partial charge in [-0.25, -0.2) is 4.98 Å². The van der Waals surface area contributed by atoms with Gasteiger partial charge in [0.2, 0.25) is 0 Å². The minimum absolute atomic E-state index is 0.467. The van der Waals surface area contributed by atoms with Crippen LogP contribution in [0.4, 0.5) is 5.82 Å². The Hall–Kier alpha value is -1.61. The Morgan fingerprint density at radius 2 is 2.05 bits per heavy atom. The van der Waals surface area contributed by atoms with Crippen LogP contribution in [0.15, 0.2) is 30.3 Å². The number of fused-ring (bicyclic) bond motifs is 1. The molecule has 0 amide bonds. The molecule has 1 aliphatic carbocycles. The summed E-state index contributed by atoms with van der Waals surface area (Å²) in [4.78, 5) is 7.28. The van der Waals surface area contributed by atoms with Crippen LogP contribution in [0.1, 0.15) is 32.3 Å². The predicted molar refractivity (Wildman–Crippen MR) is 84.8 cm³/mol. The van der Waals surface area contributed by atoms with Crippen molar-refractivity contribution in [3.63, 3.8) is 0 Å². The second-order valence-electron chi connectivity index (χ2n) is 6.05. The second kappa shape index (κ2) is 5.41. The summed E-state index contributed by atoms with van der Waals surface area (Å²) in [6.07, 6.45) is 2.72. The van der Waals surface area contributed by atoms with Crippen molar-refractivity contribution in [2.45, 2.75) is 39.3 Å². The molecule has 3 nitrogen and oxygen atoms in total. The molecule has 20 heavy (non-hydrogen) atoms. The number of nitrogens with zero attached hydrogens (tertiary/aromatic N) is 2. The lowest BCUT2D eigenvalue weighted by atomic mass is 10.1. The molecular weight excluding hydrogens is 246 g/mol. The third-order valence-electron chi connectivity index (χ3n) is 4.08. The molecule has 0 spiro atoms. The van der Waals surface area contributed by atoms with Crippen LogP contribution in [0.2, 0.25) is 0 Å². The van der Waals surface area contributed by atoms with E-state index in [1.807, 2.05) is 12.1 Å². The van der Waals surface area contributed by atoms with Gasteiger partial charge in [-0.15, -0.1) is 0 Å². The minimum Gasteiger partial charge on any atom is -0.354 e. The third kappa shape index (κ3) is 2.63. The monoisotopic (exact) mass is 269 g/mol. The van der Waals surface area contributed by atoms with E-state index in [0.29, 0.717) is 12.6 Å². The fraction of sp³-hybridized carbons (Fsp3) is 0.471. The van der Waals surface area contributed by atoms with Crippen molar-refractivity contribution in [2.75, 3.05) is 11.4 Å². The van der Waals surface area contributed by atoms with E-state index in [1.54, 1.807) is 0 Å². The normalized spacial score (nSPS) is 15.0. The minimum atomic E-state index is 0.467. The van der Waals surface area contributed by atoms with Gasteiger partial charge in [-0.2, -0.15) is 0 Å². The van der Waals surface area contributed by atoms with Gasteiger partial charge in [0.05, 0.1) is 5.52 Å². The van der Waals surface area contributed by atoms with Crippen LogP contribution >= 0.6 is 0 Å². The number of aromatic nitrogens is 1. The smallest absolute Gasteiger partial charge is 0.129 e. The number of hydrogen-bond acceptors (Lipinski definition) is 3. The Kier molecular flexibility index (Phi) is 3.62. The molecule has 2 aromatic rings. The van der Waals surface area contributed by atoms with E-state index in [1.165, 1.54) is 23.8 Å². The maximum Gasteiger partial charge on any atom is 0.129 e. The van der Waals surface area contributed by atoms with Gasteiger partial charge in [0.15, 0.2) is 0 Å². The first-order valence-electron chi connectivity index (χ1n) is 7.54. The van der Waals surface area contributed by atoms with Crippen molar-refractivity contribution in [1.29, 1.82) is 0 Å². The Balaban J connectivity index is 2.04. The van der Waals surface area contributed by atoms with E-state index in [-0.39, 0.29) is 0 Å². The van der Waals surface area contributed by atoms with E-state index in [9.17, 15) is 0 Å². The molecule has 1 saturated carbocycles. The fourth-order valence-electron chi connectivity index (χ4n) is 2.70. The van der Waals surface area contributed by atoms with Crippen molar-refractivity contribution in [3.8, 4) is 0 Å². The molecule has 0 unspecified atom stereocenters. The average Bonchev–Trinajstić information content (AvgIpc) is 3.27. The highest BCUT2D eigenvalue weighted by Gasteiger charge is 2.26. The molecule has 2 N–H and O–H groups in total. The van der Waals surface area contributed by atoms with Crippen LogP contribution in [0.5, 0.6) is 0 Å². The van der Waals surface area contributed by atoms with Crippen LogP contribution in [0.3, 0.4) is 0 Å². The van der Waals surface area contributed by atoms with Gasteiger partial charge in [-0.05, 0) is 50.3 Å². The lowest BCUT2D eigenvalue weighted by Crippen LogP contribution is -2.33. The van der Waals surface area contributed by atoms with Crippen molar-refractivity contribution in [2.24, 2.45) is 11.7 Å². The largest absolute Gasteiger partial charge is 0.354 e. The van der Waals surface area contributed by atoms with Crippen LogP contribution < -0.4 is 10.6 Å². The predicted octanol–water partition coefficient (Wildman–Crippen LogP) is 3.32. The molecule has 1 aliphatic rings. The fourth-order valence-corrected chi connectivity index (χ4v) is 2.70. The summed E-state index contributed by atoms with van der Waals surface area (Å²) in [6, 6.07) is 10.9. The molecule has 0 aliphatic heterocycles. The molecule has 1 aromatic carbocycles. The first-order chi connectivity index (χ1) is 9.69. The molecule has 0 bridgehead atoms. The van der Waals surface area contributed by atoms with Gasteiger partial charge in [-0.3, -0.25) is 0 Å². The topological polar surface area (TPSA) is 42.1 Å². The van der Waals surface area contributed by atoms with E-state index in [2.05, 4.69) is 36.9 Å². The number of nitrogens with two attached hydrogens (primary N) is 1. The highest BCUT2D eigenvalue weighted by atomic mass is 15.2. The van der Waals surface area contributed by atoms with E-state index in [0.717, 1.165) is 23.8 Å². The van der Waals surface area contributed by atoms with Crippen molar-refractivity contribution >= 4 is 16.7 Å². The molecule has 1 heterocycles. The quantitative estimate of drug-likeness (QED) is 0.905. The molecule has 3 heteroatoms. The van der Waals surface area contributed by atoms with Crippen LogP contribution in [0.25, 0.3) is 10.9 Å². The number of pyridine rings is 1. The van der Waals surface area contributed by atoms with E-state index >= 15 is 0 Å². The number of hydrogen-bond donors (Lipinski definition) is 1. The van der Waals surface area contributed by atoms with Crippen molar-refractivity contribution < 1.29 is 0 Å². The van der Waals surface area contributed by atoms with Crippen molar-refractivity contribution in [3.05, 3.63) is 35.9 Å². The van der Waals surface area contributed by atoms with Gasteiger partial charge in [0.25, 0.3) is 0 Å². The Morgan fingerprint density at radius 1 is 1.30 bits per heavy atom. The number of rotatable bonds is 5. The SMILES string of the molecule is CC(C)N(CC1CC1)c1cc(CN)c2ccccc2n1. The molecule has 0 atom stereocenters. The number of benzene rings is 1. The Morgan fingerprint density at radius 3 is 2.70 bits per heavy atom. The summed E-state index contributed by atoms with van der Waals surface area (Å²) in [5, 5.41) is 1.17. The number of anilines is 1. The van der Waals surface area contributed by atoms with E-state index < -0.39 is 0 Å². The summed E-state index contributed by atoms with van der Waals surface area (Å²) in [6.45, 7) is 6.15. The zero-order valence-corrected chi connectivity index (χ0v) is 12.3. The van der Waals surface area contributed by atoms with Gasteiger partial charge < -0.3 is 10.6 Å². The molecular formula is C17H23N3. The van der Waals surface area contributed by atoms with Gasteiger partial charge in [-0.1, -0.05) is 18.2 Å². The lowest BCUT2D eigenvalue weighted by molar-refractivity contribution is 0.637. The summed E-state index contributed by atoms with van der Waals surface area (Å²) in [7, 11) is 0. The van der Waals surface area contributed by atoms with Crippen LogP contribution in [-0.4, -0.2) is 17.6 Å². The molecule has 106 valence electrons. The zero-order chi connectivity index (χ0) is 14.1. The van der Waals surface area contributed by atoms with Crippen molar-refractivity contribution in [1.82, 2.24) is 4.98 Å². The highest BCUT2D eigenvalue weighted by Crippen LogP contribution is 2.32. The average molecular weight is 269 g/mol. The van der Waals surface area contributed by atoms with Gasteiger partial charge in [0, 0.05) is 24.5 Å².